The molecular weight excluding hydrogens is 234 g/mol. The van der Waals surface area contributed by atoms with Crippen LogP contribution in [-0.2, 0) is 13.6 Å². The third-order valence-corrected chi connectivity index (χ3v) is 2.36. The second-order valence-corrected chi connectivity index (χ2v) is 3.80. The fraction of sp³-hybridized carbons (Fsp3) is 0.182. The van der Waals surface area contributed by atoms with Crippen LogP contribution in [0.1, 0.15) is 16.2 Å². The molecule has 0 saturated carbocycles. The lowest BCUT2D eigenvalue weighted by atomic mass is 10.1. The van der Waals surface area contributed by atoms with Crippen LogP contribution in [0.3, 0.4) is 0 Å². The summed E-state index contributed by atoms with van der Waals surface area (Å²) in [7, 11) is 1.76. The van der Waals surface area contributed by atoms with Gasteiger partial charge in [-0.25, -0.2) is 9.78 Å². The number of nitrogens with zero attached hydrogens (tertiary/aromatic N) is 3. The fourth-order valence-corrected chi connectivity index (χ4v) is 1.53. The van der Waals surface area contributed by atoms with Crippen molar-refractivity contribution < 1.29 is 9.90 Å². The minimum absolute atomic E-state index is 0.167. The first-order valence-electron chi connectivity index (χ1n) is 5.27. The standard InChI is InChI=1S/C11H13N5O2/c1-16-6-14-10(15-16)5-13-9-4-7(12)2-3-8(9)11(17)18/h2-4,6,13H,5,12H2,1H3,(H,17,18). The molecule has 0 aliphatic heterocycles. The lowest BCUT2D eigenvalue weighted by molar-refractivity contribution is 0.0698. The summed E-state index contributed by atoms with van der Waals surface area (Å²) in [6.07, 6.45) is 1.58. The van der Waals surface area contributed by atoms with E-state index < -0.39 is 5.97 Å². The highest BCUT2D eigenvalue weighted by molar-refractivity contribution is 5.95. The number of nitrogen functional groups attached to an aromatic ring is 1. The van der Waals surface area contributed by atoms with Gasteiger partial charge in [0.15, 0.2) is 5.82 Å². The van der Waals surface area contributed by atoms with Crippen LogP contribution in [0.15, 0.2) is 24.5 Å². The first kappa shape index (κ1) is 11.9. The topological polar surface area (TPSA) is 106 Å². The van der Waals surface area contributed by atoms with Crippen molar-refractivity contribution in [1.29, 1.82) is 0 Å². The minimum Gasteiger partial charge on any atom is -0.478 e. The molecule has 2 aromatic rings. The van der Waals surface area contributed by atoms with E-state index in [1.807, 2.05) is 0 Å². The lowest BCUT2D eigenvalue weighted by Gasteiger charge is -2.08. The summed E-state index contributed by atoms with van der Waals surface area (Å²) in [6.45, 7) is 0.338. The van der Waals surface area contributed by atoms with Gasteiger partial charge >= 0.3 is 5.97 Å². The molecule has 1 aromatic heterocycles. The van der Waals surface area contributed by atoms with Gasteiger partial charge in [-0.1, -0.05) is 0 Å². The van der Waals surface area contributed by atoms with Gasteiger partial charge in [0, 0.05) is 12.7 Å². The smallest absolute Gasteiger partial charge is 0.337 e. The Bertz CT molecular complexity index is 579. The maximum Gasteiger partial charge on any atom is 0.337 e. The number of anilines is 2. The highest BCUT2D eigenvalue weighted by atomic mass is 16.4. The molecule has 0 spiro atoms. The molecule has 7 nitrogen and oxygen atoms in total. The summed E-state index contributed by atoms with van der Waals surface area (Å²) >= 11 is 0. The number of nitrogens with two attached hydrogens (primary N) is 1. The van der Waals surface area contributed by atoms with E-state index in [9.17, 15) is 4.79 Å². The van der Waals surface area contributed by atoms with Gasteiger partial charge in [-0.05, 0) is 18.2 Å². The van der Waals surface area contributed by atoms with Crippen molar-refractivity contribution >= 4 is 17.3 Å². The fourth-order valence-electron chi connectivity index (χ4n) is 1.53. The molecule has 2 rings (SSSR count). The predicted octanol–water partition coefficient (Wildman–Crippen LogP) is 0.708. The van der Waals surface area contributed by atoms with Crippen LogP contribution in [-0.4, -0.2) is 25.8 Å². The third-order valence-electron chi connectivity index (χ3n) is 2.36. The zero-order chi connectivity index (χ0) is 13.1. The zero-order valence-corrected chi connectivity index (χ0v) is 9.79. The molecule has 4 N–H and O–H groups in total. The van der Waals surface area contributed by atoms with Gasteiger partial charge in [-0.15, -0.1) is 0 Å². The second kappa shape index (κ2) is 4.74. The van der Waals surface area contributed by atoms with Crippen molar-refractivity contribution in [3.05, 3.63) is 35.9 Å². The Morgan fingerprint density at radius 1 is 1.56 bits per heavy atom. The summed E-state index contributed by atoms with van der Waals surface area (Å²) in [5.74, 6) is -0.428. The van der Waals surface area contributed by atoms with Crippen LogP contribution < -0.4 is 11.1 Å². The van der Waals surface area contributed by atoms with Crippen LogP contribution in [0, 0.1) is 0 Å². The van der Waals surface area contributed by atoms with Gasteiger partial charge < -0.3 is 16.2 Å². The number of aryl methyl sites for hydroxylation is 1. The summed E-state index contributed by atoms with van der Waals surface area (Å²) in [5.41, 5.74) is 6.75. The van der Waals surface area contributed by atoms with Gasteiger partial charge in [-0.3, -0.25) is 4.68 Å². The average Bonchev–Trinajstić information content (AvgIpc) is 2.72. The number of carboxylic acid groups (broad SMARTS) is 1. The van der Waals surface area contributed by atoms with E-state index in [0.717, 1.165) is 0 Å². The van der Waals surface area contributed by atoms with E-state index in [2.05, 4.69) is 15.4 Å². The molecule has 94 valence electrons. The Kier molecular flexibility index (Phi) is 3.13. The van der Waals surface area contributed by atoms with Crippen molar-refractivity contribution in [2.75, 3.05) is 11.1 Å². The number of aromatic carboxylic acids is 1. The van der Waals surface area contributed by atoms with Crippen LogP contribution in [0.25, 0.3) is 0 Å². The number of hydrogen-bond acceptors (Lipinski definition) is 5. The van der Waals surface area contributed by atoms with Crippen molar-refractivity contribution in [2.24, 2.45) is 7.05 Å². The quantitative estimate of drug-likeness (QED) is 0.687. The van der Waals surface area contributed by atoms with Crippen molar-refractivity contribution in [3.8, 4) is 0 Å². The van der Waals surface area contributed by atoms with Crippen LogP contribution in [0.4, 0.5) is 11.4 Å². The van der Waals surface area contributed by atoms with E-state index in [4.69, 9.17) is 10.8 Å². The molecular formula is C11H13N5O2. The number of hydrogen-bond donors (Lipinski definition) is 3. The molecule has 0 aliphatic rings. The molecule has 1 heterocycles. The van der Waals surface area contributed by atoms with Crippen LogP contribution >= 0.6 is 0 Å². The molecule has 0 aliphatic carbocycles. The number of rotatable bonds is 4. The molecule has 18 heavy (non-hydrogen) atoms. The summed E-state index contributed by atoms with van der Waals surface area (Å²) in [4.78, 5) is 15.1. The Balaban J connectivity index is 2.17. The molecule has 0 fully saturated rings. The van der Waals surface area contributed by atoms with Gasteiger partial charge in [0.2, 0.25) is 0 Å². The van der Waals surface area contributed by atoms with Crippen LogP contribution in [0.5, 0.6) is 0 Å². The molecule has 0 amide bonds. The number of carboxylic acids is 1. The first-order chi connectivity index (χ1) is 8.56. The van der Waals surface area contributed by atoms with E-state index in [0.29, 0.717) is 23.7 Å². The Morgan fingerprint density at radius 3 is 2.94 bits per heavy atom. The number of benzene rings is 1. The van der Waals surface area contributed by atoms with Crippen molar-refractivity contribution in [2.45, 2.75) is 6.54 Å². The molecule has 0 bridgehead atoms. The molecule has 1 aromatic carbocycles. The largest absolute Gasteiger partial charge is 0.478 e. The van der Waals surface area contributed by atoms with Crippen molar-refractivity contribution in [3.63, 3.8) is 0 Å². The zero-order valence-electron chi connectivity index (χ0n) is 9.79. The normalized spacial score (nSPS) is 10.3. The maximum atomic E-state index is 11.0. The number of aromatic nitrogens is 3. The molecule has 0 unspecified atom stereocenters. The van der Waals surface area contributed by atoms with Crippen LogP contribution in [0.2, 0.25) is 0 Å². The summed E-state index contributed by atoms with van der Waals surface area (Å²) < 4.78 is 1.58. The Morgan fingerprint density at radius 2 is 2.33 bits per heavy atom. The van der Waals surface area contributed by atoms with E-state index in [1.54, 1.807) is 30.2 Å². The van der Waals surface area contributed by atoms with Crippen molar-refractivity contribution in [1.82, 2.24) is 14.8 Å². The third kappa shape index (κ3) is 2.57. The molecule has 7 heteroatoms. The SMILES string of the molecule is Cn1cnc(CNc2cc(N)ccc2C(=O)O)n1. The highest BCUT2D eigenvalue weighted by Gasteiger charge is 2.10. The van der Waals surface area contributed by atoms with E-state index in [1.165, 1.54) is 6.07 Å². The second-order valence-electron chi connectivity index (χ2n) is 3.80. The highest BCUT2D eigenvalue weighted by Crippen LogP contribution is 2.19. The molecule has 0 atom stereocenters. The number of nitrogens with one attached hydrogen (secondary N) is 1. The summed E-state index contributed by atoms with van der Waals surface area (Å²) in [6, 6.07) is 4.59. The Labute approximate surface area is 103 Å². The van der Waals surface area contributed by atoms with Gasteiger partial charge in [0.25, 0.3) is 0 Å². The van der Waals surface area contributed by atoms with E-state index >= 15 is 0 Å². The number of carbonyl (C=O) groups is 1. The molecule has 0 saturated heterocycles. The first-order valence-corrected chi connectivity index (χ1v) is 5.27. The van der Waals surface area contributed by atoms with Gasteiger partial charge in [0.05, 0.1) is 17.8 Å². The van der Waals surface area contributed by atoms with Gasteiger partial charge in [-0.2, -0.15) is 5.10 Å². The predicted molar refractivity (Wildman–Crippen MR) is 66.1 cm³/mol. The summed E-state index contributed by atoms with van der Waals surface area (Å²) in [5, 5.41) is 16.1. The Hall–Kier alpha value is -2.57. The monoisotopic (exact) mass is 247 g/mol. The average molecular weight is 247 g/mol. The minimum atomic E-state index is -1.01. The van der Waals surface area contributed by atoms with Gasteiger partial charge in [0.1, 0.15) is 6.33 Å². The maximum absolute atomic E-state index is 11.0. The lowest BCUT2D eigenvalue weighted by Crippen LogP contribution is -2.08. The molecule has 0 radical (unpaired) electrons. The van der Waals surface area contributed by atoms with E-state index in [-0.39, 0.29) is 5.56 Å².